The number of hydrogen-bond donors (Lipinski definition) is 0. The predicted octanol–water partition coefficient (Wildman–Crippen LogP) is 3.66. The molecule has 0 amide bonds. The van der Waals surface area contributed by atoms with Crippen LogP contribution in [0.2, 0.25) is 0 Å². The van der Waals surface area contributed by atoms with Gasteiger partial charge in [0.05, 0.1) is 27.8 Å². The second-order valence-electron chi connectivity index (χ2n) is 7.01. The van der Waals surface area contributed by atoms with E-state index >= 15 is 0 Å². The summed E-state index contributed by atoms with van der Waals surface area (Å²) in [6.45, 7) is 3.27. The van der Waals surface area contributed by atoms with Crippen LogP contribution in [0.5, 0.6) is 0 Å². The smallest absolute Gasteiger partial charge is 0.181 e. The zero-order chi connectivity index (χ0) is 19.6. The first-order chi connectivity index (χ1) is 13.6. The first-order valence-electron chi connectivity index (χ1n) is 9.27. The van der Waals surface area contributed by atoms with Crippen molar-refractivity contribution in [3.05, 3.63) is 71.9 Å². The summed E-state index contributed by atoms with van der Waals surface area (Å²) in [5.74, 6) is -0.0912. The van der Waals surface area contributed by atoms with Crippen molar-refractivity contribution >= 4 is 26.9 Å². The number of nitriles is 1. The molecule has 5 nitrogen and oxygen atoms in total. The van der Waals surface area contributed by atoms with Gasteiger partial charge >= 0.3 is 0 Å². The number of sulfone groups is 1. The molecule has 142 valence electrons. The number of rotatable bonds is 6. The number of benzene rings is 2. The van der Waals surface area contributed by atoms with Crippen molar-refractivity contribution in [1.29, 1.82) is 5.26 Å². The third-order valence-electron chi connectivity index (χ3n) is 5.12. The van der Waals surface area contributed by atoms with Gasteiger partial charge in [-0.05, 0) is 61.5 Å². The first-order valence-corrected chi connectivity index (χ1v) is 10.9. The zero-order valence-corrected chi connectivity index (χ0v) is 16.3. The molecule has 1 fully saturated rings. The van der Waals surface area contributed by atoms with Crippen molar-refractivity contribution in [2.45, 2.75) is 17.9 Å². The number of likely N-dealkylation sites (tertiary alicyclic amines) is 1. The lowest BCUT2D eigenvalue weighted by atomic mass is 10.1. The van der Waals surface area contributed by atoms with Crippen molar-refractivity contribution < 1.29 is 8.42 Å². The van der Waals surface area contributed by atoms with Crippen LogP contribution in [0, 0.1) is 11.3 Å². The van der Waals surface area contributed by atoms with Crippen molar-refractivity contribution in [2.24, 2.45) is 0 Å². The van der Waals surface area contributed by atoms with Gasteiger partial charge < -0.3 is 4.57 Å². The standard InChI is InChI=1S/C22H21N3O2S/c23-16-18-6-8-20(9-7-18)28(26,27)15-3-13-25-14-10-21-19(4-1-5-22(21)25)17-24-11-2-12-24/h1,3-10,13-14H,2,11-12,15,17H2. The Morgan fingerprint density at radius 1 is 1.07 bits per heavy atom. The van der Waals surface area contributed by atoms with E-state index < -0.39 is 9.84 Å². The van der Waals surface area contributed by atoms with Gasteiger partial charge in [-0.2, -0.15) is 5.26 Å². The number of nitrogens with zero attached hydrogens (tertiary/aromatic N) is 3. The summed E-state index contributed by atoms with van der Waals surface area (Å²) in [7, 11) is -3.43. The van der Waals surface area contributed by atoms with Gasteiger partial charge in [0, 0.05) is 24.3 Å². The number of hydrogen-bond acceptors (Lipinski definition) is 4. The fourth-order valence-corrected chi connectivity index (χ4v) is 4.50. The van der Waals surface area contributed by atoms with Gasteiger partial charge in [0.2, 0.25) is 0 Å². The molecule has 2 heterocycles. The van der Waals surface area contributed by atoms with Crippen LogP contribution in [0.1, 0.15) is 17.5 Å². The van der Waals surface area contributed by atoms with Crippen molar-refractivity contribution in [3.8, 4) is 6.07 Å². The van der Waals surface area contributed by atoms with Crippen LogP contribution in [0.15, 0.2) is 65.7 Å². The molecule has 1 aliphatic heterocycles. The van der Waals surface area contributed by atoms with E-state index in [0.717, 1.165) is 25.2 Å². The summed E-state index contributed by atoms with van der Waals surface area (Å²) < 4.78 is 26.9. The van der Waals surface area contributed by atoms with Crippen LogP contribution in [-0.4, -0.2) is 36.7 Å². The topological polar surface area (TPSA) is 66.1 Å². The molecule has 1 aromatic heterocycles. The van der Waals surface area contributed by atoms with Crippen LogP contribution in [0.4, 0.5) is 0 Å². The summed E-state index contributed by atoms with van der Waals surface area (Å²) in [6.07, 6.45) is 6.70. The summed E-state index contributed by atoms with van der Waals surface area (Å²) in [5.41, 5.74) is 2.82. The van der Waals surface area contributed by atoms with E-state index in [1.165, 1.54) is 41.6 Å². The molecule has 0 N–H and O–H groups in total. The lowest BCUT2D eigenvalue weighted by Crippen LogP contribution is -2.36. The molecule has 0 bridgehead atoms. The highest BCUT2D eigenvalue weighted by Crippen LogP contribution is 2.23. The molecule has 28 heavy (non-hydrogen) atoms. The van der Waals surface area contributed by atoms with Crippen molar-refractivity contribution in [1.82, 2.24) is 9.47 Å². The second-order valence-corrected chi connectivity index (χ2v) is 9.04. The Kier molecular flexibility index (Phi) is 5.03. The van der Waals surface area contributed by atoms with Crippen LogP contribution in [0.3, 0.4) is 0 Å². The van der Waals surface area contributed by atoms with E-state index in [9.17, 15) is 8.42 Å². The fraction of sp³-hybridized carbons (Fsp3) is 0.227. The second kappa shape index (κ2) is 7.63. The van der Waals surface area contributed by atoms with Crippen LogP contribution < -0.4 is 0 Å². The Labute approximate surface area is 165 Å². The maximum atomic E-state index is 12.5. The van der Waals surface area contributed by atoms with Gasteiger partial charge in [-0.15, -0.1) is 0 Å². The quantitative estimate of drug-likeness (QED) is 0.643. The van der Waals surface area contributed by atoms with Gasteiger partial charge in [-0.1, -0.05) is 18.2 Å². The van der Waals surface area contributed by atoms with Gasteiger partial charge in [-0.3, -0.25) is 4.90 Å². The maximum Gasteiger partial charge on any atom is 0.181 e. The van der Waals surface area contributed by atoms with Crippen molar-refractivity contribution in [3.63, 3.8) is 0 Å². The van der Waals surface area contributed by atoms with E-state index in [4.69, 9.17) is 5.26 Å². The zero-order valence-electron chi connectivity index (χ0n) is 15.5. The minimum atomic E-state index is -3.43. The Morgan fingerprint density at radius 2 is 1.86 bits per heavy atom. The van der Waals surface area contributed by atoms with Gasteiger partial charge in [0.25, 0.3) is 0 Å². The van der Waals surface area contributed by atoms with E-state index in [1.54, 1.807) is 12.3 Å². The molecule has 0 spiro atoms. The molecule has 0 atom stereocenters. The summed E-state index contributed by atoms with van der Waals surface area (Å²) in [6, 6.07) is 16.3. The average molecular weight is 391 g/mol. The molecule has 1 saturated heterocycles. The Hall–Kier alpha value is -2.88. The molecule has 0 unspecified atom stereocenters. The molecular formula is C22H21N3O2S. The third-order valence-corrected chi connectivity index (χ3v) is 6.74. The predicted molar refractivity (Wildman–Crippen MR) is 110 cm³/mol. The minimum Gasteiger partial charge on any atom is -0.324 e. The lowest BCUT2D eigenvalue weighted by molar-refractivity contribution is 0.173. The first kappa shape index (κ1) is 18.5. The van der Waals surface area contributed by atoms with Gasteiger partial charge in [0.15, 0.2) is 9.84 Å². The molecule has 2 aromatic carbocycles. The third kappa shape index (κ3) is 3.72. The Morgan fingerprint density at radius 3 is 2.54 bits per heavy atom. The molecule has 1 aliphatic rings. The van der Waals surface area contributed by atoms with Crippen molar-refractivity contribution in [2.75, 3.05) is 18.8 Å². The molecule has 3 aromatic rings. The molecule has 0 radical (unpaired) electrons. The van der Waals surface area contributed by atoms with Crippen LogP contribution >= 0.6 is 0 Å². The molecule has 0 saturated carbocycles. The molecule has 6 heteroatoms. The summed E-state index contributed by atoms with van der Waals surface area (Å²) >= 11 is 0. The van der Waals surface area contributed by atoms with E-state index in [1.807, 2.05) is 22.9 Å². The molecule has 0 aliphatic carbocycles. The highest BCUT2D eigenvalue weighted by atomic mass is 32.2. The monoisotopic (exact) mass is 391 g/mol. The highest BCUT2D eigenvalue weighted by Gasteiger charge is 2.16. The van der Waals surface area contributed by atoms with Crippen LogP contribution in [-0.2, 0) is 16.4 Å². The van der Waals surface area contributed by atoms with E-state index in [2.05, 4.69) is 23.1 Å². The molecule has 4 rings (SSSR count). The summed E-state index contributed by atoms with van der Waals surface area (Å²) in [4.78, 5) is 2.65. The Balaban J connectivity index is 1.52. The van der Waals surface area contributed by atoms with Crippen LogP contribution in [0.25, 0.3) is 17.1 Å². The lowest BCUT2D eigenvalue weighted by Gasteiger charge is -2.30. The Bertz CT molecular complexity index is 1160. The summed E-state index contributed by atoms with van der Waals surface area (Å²) in [5, 5.41) is 10.0. The van der Waals surface area contributed by atoms with Gasteiger partial charge in [0.1, 0.15) is 0 Å². The average Bonchev–Trinajstić information content (AvgIpc) is 3.08. The number of aromatic nitrogens is 1. The minimum absolute atomic E-state index is 0.0912. The molecular weight excluding hydrogens is 370 g/mol. The van der Waals surface area contributed by atoms with E-state index in [0.29, 0.717) is 5.56 Å². The SMILES string of the molecule is N#Cc1ccc(S(=O)(=O)CC=Cn2ccc3c(CN4CCC4)cccc32)cc1. The highest BCUT2D eigenvalue weighted by molar-refractivity contribution is 7.91. The van der Waals surface area contributed by atoms with E-state index in [-0.39, 0.29) is 10.6 Å². The maximum absolute atomic E-state index is 12.5. The normalized spacial score (nSPS) is 15.0. The largest absolute Gasteiger partial charge is 0.324 e. The number of fused-ring (bicyclic) bond motifs is 1. The fourth-order valence-electron chi connectivity index (χ4n) is 3.42. The van der Waals surface area contributed by atoms with Gasteiger partial charge in [-0.25, -0.2) is 8.42 Å².